The summed E-state index contributed by atoms with van der Waals surface area (Å²) in [4.78, 5) is 66.5. The highest BCUT2D eigenvalue weighted by atomic mass is 35.5. The van der Waals surface area contributed by atoms with Crippen LogP contribution in [0.1, 0.15) is 44.3 Å². The van der Waals surface area contributed by atoms with Gasteiger partial charge in [0, 0.05) is 24.7 Å². The standard InChI is InChI=1S/C37H32ClF3N2O8/c1-4-50-35(49)36(34(47)48,24-8-6-5-7-9-24)21-51-31(44)19-22-10-17-30(29(18-22)33(46)43(2)3)42-32(45)27-16-15-26(38)20-28(27)23-11-13-25(14-12-23)37(39,40)41/h5-18,20H,4,19,21H2,1-3H3,(H,42,45)(H,47,48). The normalized spacial score (nSPS) is 12.3. The quantitative estimate of drug-likeness (QED) is 0.122. The van der Waals surface area contributed by atoms with Gasteiger partial charge in [0.15, 0.2) is 0 Å². The van der Waals surface area contributed by atoms with Crippen molar-refractivity contribution in [1.29, 1.82) is 0 Å². The summed E-state index contributed by atoms with van der Waals surface area (Å²) in [5.41, 5.74) is -2.28. The van der Waals surface area contributed by atoms with E-state index in [2.05, 4.69) is 5.32 Å². The van der Waals surface area contributed by atoms with Crippen LogP contribution in [0.3, 0.4) is 0 Å². The highest BCUT2D eigenvalue weighted by Gasteiger charge is 2.51. The van der Waals surface area contributed by atoms with Crippen molar-refractivity contribution >= 4 is 47.0 Å². The molecule has 10 nitrogen and oxygen atoms in total. The fourth-order valence-electron chi connectivity index (χ4n) is 5.13. The molecule has 0 fully saturated rings. The van der Waals surface area contributed by atoms with E-state index >= 15 is 0 Å². The van der Waals surface area contributed by atoms with Crippen LogP contribution in [-0.2, 0) is 41.9 Å². The first-order valence-electron chi connectivity index (χ1n) is 15.3. The van der Waals surface area contributed by atoms with Crippen LogP contribution < -0.4 is 5.32 Å². The van der Waals surface area contributed by atoms with Crippen LogP contribution in [0.5, 0.6) is 0 Å². The van der Waals surface area contributed by atoms with Crippen molar-refractivity contribution < 1.29 is 51.7 Å². The van der Waals surface area contributed by atoms with E-state index in [1.54, 1.807) is 6.07 Å². The van der Waals surface area contributed by atoms with Crippen LogP contribution >= 0.6 is 11.6 Å². The Kier molecular flexibility index (Phi) is 11.9. The lowest BCUT2D eigenvalue weighted by molar-refractivity contribution is -0.167. The Hall–Kier alpha value is -5.69. The molecule has 0 aliphatic carbocycles. The second-order valence-corrected chi connectivity index (χ2v) is 11.9. The van der Waals surface area contributed by atoms with Crippen molar-refractivity contribution in [3.05, 3.63) is 124 Å². The minimum absolute atomic E-state index is 0.0145. The number of benzene rings is 4. The summed E-state index contributed by atoms with van der Waals surface area (Å²) in [5.74, 6) is -4.86. The Morgan fingerprint density at radius 2 is 1.49 bits per heavy atom. The molecule has 0 saturated carbocycles. The van der Waals surface area contributed by atoms with Crippen LogP contribution in [-0.4, -0.2) is 67.0 Å². The Labute approximate surface area is 295 Å². The predicted molar refractivity (Wildman–Crippen MR) is 181 cm³/mol. The lowest BCUT2D eigenvalue weighted by Crippen LogP contribution is -2.49. The molecule has 266 valence electrons. The predicted octanol–water partition coefficient (Wildman–Crippen LogP) is 6.65. The van der Waals surface area contributed by atoms with Gasteiger partial charge in [-0.15, -0.1) is 0 Å². The van der Waals surface area contributed by atoms with E-state index in [9.17, 15) is 42.3 Å². The van der Waals surface area contributed by atoms with Gasteiger partial charge in [0.25, 0.3) is 11.8 Å². The summed E-state index contributed by atoms with van der Waals surface area (Å²) in [5, 5.41) is 13.0. The minimum Gasteiger partial charge on any atom is -0.480 e. The number of esters is 2. The van der Waals surface area contributed by atoms with E-state index in [-0.39, 0.29) is 50.7 Å². The molecule has 4 aromatic carbocycles. The van der Waals surface area contributed by atoms with Crippen molar-refractivity contribution in [2.75, 3.05) is 32.6 Å². The molecule has 0 aliphatic rings. The molecule has 51 heavy (non-hydrogen) atoms. The molecule has 0 bridgehead atoms. The van der Waals surface area contributed by atoms with Crippen molar-refractivity contribution in [3.63, 3.8) is 0 Å². The van der Waals surface area contributed by atoms with Gasteiger partial charge in [0.2, 0.25) is 5.41 Å². The molecule has 2 amide bonds. The maximum Gasteiger partial charge on any atom is 0.416 e. The molecule has 14 heteroatoms. The number of nitrogens with one attached hydrogen (secondary N) is 1. The molecule has 1 unspecified atom stereocenters. The molecule has 0 aromatic heterocycles. The summed E-state index contributed by atoms with van der Waals surface area (Å²) in [6.45, 7) is 0.520. The number of nitrogens with zero attached hydrogens (tertiary/aromatic N) is 1. The van der Waals surface area contributed by atoms with Crippen LogP contribution in [0, 0.1) is 0 Å². The molecular weight excluding hydrogens is 693 g/mol. The maximum absolute atomic E-state index is 13.6. The molecule has 0 aliphatic heterocycles. The summed E-state index contributed by atoms with van der Waals surface area (Å²) >= 11 is 6.17. The molecule has 4 rings (SSSR count). The van der Waals surface area contributed by atoms with Gasteiger partial charge in [0.05, 0.1) is 29.8 Å². The SMILES string of the molecule is CCOC(=O)C(COC(=O)Cc1ccc(NC(=O)c2ccc(Cl)cc2-c2ccc(C(F)(F)F)cc2)c(C(=O)N(C)C)c1)(C(=O)O)c1ccccc1. The van der Waals surface area contributed by atoms with Crippen LogP contribution in [0.15, 0.2) is 91.0 Å². The number of carbonyl (C=O) groups excluding carboxylic acids is 4. The van der Waals surface area contributed by atoms with Crippen LogP contribution in [0.2, 0.25) is 5.02 Å². The largest absolute Gasteiger partial charge is 0.480 e. The summed E-state index contributed by atoms with van der Waals surface area (Å²) < 4.78 is 49.8. The third kappa shape index (κ3) is 8.73. The summed E-state index contributed by atoms with van der Waals surface area (Å²) in [6, 6.07) is 20.1. The van der Waals surface area contributed by atoms with Gasteiger partial charge in [-0.25, -0.2) is 0 Å². The second-order valence-electron chi connectivity index (χ2n) is 11.4. The number of anilines is 1. The van der Waals surface area contributed by atoms with Crippen molar-refractivity contribution in [1.82, 2.24) is 4.90 Å². The second kappa shape index (κ2) is 15.9. The Bertz CT molecular complexity index is 1950. The number of hydrogen-bond donors (Lipinski definition) is 2. The first-order valence-corrected chi connectivity index (χ1v) is 15.7. The molecule has 2 N–H and O–H groups in total. The Balaban J connectivity index is 1.60. The van der Waals surface area contributed by atoms with Crippen molar-refractivity contribution in [2.24, 2.45) is 0 Å². The molecule has 0 saturated heterocycles. The fraction of sp³-hybridized carbons (Fsp3) is 0.216. The van der Waals surface area contributed by atoms with E-state index in [1.807, 2.05) is 0 Å². The van der Waals surface area contributed by atoms with Gasteiger partial charge in [-0.05, 0) is 71.6 Å². The highest BCUT2D eigenvalue weighted by Crippen LogP contribution is 2.34. The molecular formula is C37H32ClF3N2O8. The average Bonchev–Trinajstić information content (AvgIpc) is 3.09. The third-order valence-corrected chi connectivity index (χ3v) is 8.01. The first kappa shape index (κ1) is 38.1. The summed E-state index contributed by atoms with van der Waals surface area (Å²) in [7, 11) is 2.95. The highest BCUT2D eigenvalue weighted by molar-refractivity contribution is 6.31. The van der Waals surface area contributed by atoms with Gasteiger partial charge < -0.3 is 24.8 Å². The topological polar surface area (TPSA) is 139 Å². The van der Waals surface area contributed by atoms with E-state index < -0.39 is 59.9 Å². The maximum atomic E-state index is 13.6. The molecule has 0 heterocycles. The number of amides is 2. The lowest BCUT2D eigenvalue weighted by Gasteiger charge is -2.27. The van der Waals surface area contributed by atoms with Gasteiger partial charge >= 0.3 is 24.1 Å². The number of alkyl halides is 3. The van der Waals surface area contributed by atoms with Crippen LogP contribution in [0.4, 0.5) is 18.9 Å². The molecule has 0 radical (unpaired) electrons. The molecule has 1 atom stereocenters. The monoisotopic (exact) mass is 724 g/mol. The Morgan fingerprint density at radius 1 is 0.824 bits per heavy atom. The lowest BCUT2D eigenvalue weighted by atomic mass is 9.81. The summed E-state index contributed by atoms with van der Waals surface area (Å²) in [6.07, 6.45) is -5.00. The number of hydrogen-bond acceptors (Lipinski definition) is 7. The fourth-order valence-corrected chi connectivity index (χ4v) is 5.30. The number of rotatable bonds is 12. The number of aliphatic carboxylic acids is 1. The van der Waals surface area contributed by atoms with E-state index in [4.69, 9.17) is 21.1 Å². The van der Waals surface area contributed by atoms with Crippen LogP contribution in [0.25, 0.3) is 11.1 Å². The van der Waals surface area contributed by atoms with Gasteiger partial charge in [-0.1, -0.05) is 60.1 Å². The van der Waals surface area contributed by atoms with Gasteiger partial charge in [0.1, 0.15) is 6.61 Å². The van der Waals surface area contributed by atoms with Gasteiger partial charge in [-0.2, -0.15) is 13.2 Å². The number of carboxylic acid groups (broad SMARTS) is 1. The number of halogens is 4. The van der Waals surface area contributed by atoms with Crippen molar-refractivity contribution in [3.8, 4) is 11.1 Å². The third-order valence-electron chi connectivity index (χ3n) is 7.77. The number of carboxylic acids is 1. The zero-order valence-electron chi connectivity index (χ0n) is 27.5. The van der Waals surface area contributed by atoms with E-state index in [0.29, 0.717) is 0 Å². The molecule has 0 spiro atoms. The number of carbonyl (C=O) groups is 5. The zero-order valence-corrected chi connectivity index (χ0v) is 28.3. The average molecular weight is 725 g/mol. The minimum atomic E-state index is -4.56. The van der Waals surface area contributed by atoms with Crippen molar-refractivity contribution in [2.45, 2.75) is 24.9 Å². The zero-order chi connectivity index (χ0) is 37.5. The molecule has 4 aromatic rings. The van der Waals surface area contributed by atoms with E-state index in [1.165, 1.54) is 98.7 Å². The van der Waals surface area contributed by atoms with E-state index in [0.717, 1.165) is 12.1 Å². The smallest absolute Gasteiger partial charge is 0.416 e. The number of ether oxygens (including phenoxy) is 2. The first-order chi connectivity index (χ1) is 24.1. The Morgan fingerprint density at radius 3 is 2.08 bits per heavy atom. The van der Waals surface area contributed by atoms with Gasteiger partial charge in [-0.3, -0.25) is 24.0 Å².